The van der Waals surface area contributed by atoms with Crippen molar-refractivity contribution in [3.8, 4) is 0 Å². The van der Waals surface area contributed by atoms with Crippen molar-refractivity contribution >= 4 is 32.5 Å². The second kappa shape index (κ2) is 6.11. The van der Waals surface area contributed by atoms with Gasteiger partial charge in [-0.3, -0.25) is 4.79 Å². The van der Waals surface area contributed by atoms with Crippen LogP contribution in [0.5, 0.6) is 0 Å². The van der Waals surface area contributed by atoms with Crippen molar-refractivity contribution in [3.05, 3.63) is 30.1 Å². The van der Waals surface area contributed by atoms with Crippen LogP contribution in [0.25, 0.3) is 10.9 Å². The molecule has 1 amide bonds. The first-order valence-electron chi connectivity index (χ1n) is 7.08. The number of rotatable bonds is 5. The van der Waals surface area contributed by atoms with E-state index in [9.17, 15) is 13.2 Å². The standard InChI is InChI=1S/C15H20N4O3S/c1-15(2,6-7-23(3,21)22)19-14(20)10-4-5-11-12(8-10)17-9-18-13(11)16/h4-5,8-9H,6-7H2,1-3H3,(H,19,20)(H2,16,17,18). The highest BCUT2D eigenvalue weighted by Crippen LogP contribution is 2.19. The van der Waals surface area contributed by atoms with Crippen LogP contribution >= 0.6 is 0 Å². The van der Waals surface area contributed by atoms with E-state index in [1.165, 1.54) is 12.6 Å². The molecule has 2 rings (SSSR count). The molecular weight excluding hydrogens is 316 g/mol. The number of anilines is 1. The molecule has 8 heteroatoms. The number of hydrogen-bond donors (Lipinski definition) is 2. The molecule has 1 aromatic carbocycles. The zero-order valence-electron chi connectivity index (χ0n) is 13.3. The zero-order chi connectivity index (χ0) is 17.3. The second-order valence-electron chi connectivity index (χ2n) is 6.21. The molecule has 124 valence electrons. The Labute approximate surface area is 135 Å². The average Bonchev–Trinajstić information content (AvgIpc) is 2.44. The van der Waals surface area contributed by atoms with E-state index in [0.717, 1.165) is 0 Å². The number of amides is 1. The number of carbonyl (C=O) groups excluding carboxylic acids is 1. The van der Waals surface area contributed by atoms with E-state index >= 15 is 0 Å². The lowest BCUT2D eigenvalue weighted by Crippen LogP contribution is -2.44. The average molecular weight is 336 g/mol. The molecular formula is C15H20N4O3S. The van der Waals surface area contributed by atoms with Crippen LogP contribution in [0.3, 0.4) is 0 Å². The summed E-state index contributed by atoms with van der Waals surface area (Å²) in [5, 5.41) is 3.53. The molecule has 1 heterocycles. The fourth-order valence-corrected chi connectivity index (χ4v) is 2.98. The molecule has 7 nitrogen and oxygen atoms in total. The van der Waals surface area contributed by atoms with Gasteiger partial charge in [0.15, 0.2) is 0 Å². The van der Waals surface area contributed by atoms with Crippen LogP contribution < -0.4 is 11.1 Å². The summed E-state index contributed by atoms with van der Waals surface area (Å²) in [5.41, 5.74) is 6.13. The summed E-state index contributed by atoms with van der Waals surface area (Å²) in [6.45, 7) is 3.58. The molecule has 0 unspecified atom stereocenters. The second-order valence-corrected chi connectivity index (χ2v) is 8.47. The van der Waals surface area contributed by atoms with Gasteiger partial charge in [0.1, 0.15) is 22.0 Å². The Hall–Kier alpha value is -2.22. The van der Waals surface area contributed by atoms with Gasteiger partial charge in [0.05, 0.1) is 11.3 Å². The number of nitrogens with one attached hydrogen (secondary N) is 1. The number of hydrogen-bond acceptors (Lipinski definition) is 6. The molecule has 1 aromatic heterocycles. The van der Waals surface area contributed by atoms with Crippen LogP contribution in [0, 0.1) is 0 Å². The number of nitrogens with two attached hydrogens (primary N) is 1. The zero-order valence-corrected chi connectivity index (χ0v) is 14.1. The highest BCUT2D eigenvalue weighted by atomic mass is 32.2. The minimum absolute atomic E-state index is 0.0156. The van der Waals surface area contributed by atoms with Crippen LogP contribution in [-0.2, 0) is 9.84 Å². The number of sulfone groups is 1. The van der Waals surface area contributed by atoms with Crippen molar-refractivity contribution in [3.63, 3.8) is 0 Å². The summed E-state index contributed by atoms with van der Waals surface area (Å²) in [5.74, 6) is 0.0832. The summed E-state index contributed by atoms with van der Waals surface area (Å²) >= 11 is 0. The Morgan fingerprint density at radius 3 is 2.65 bits per heavy atom. The number of aromatic nitrogens is 2. The van der Waals surface area contributed by atoms with Crippen molar-refractivity contribution in [2.24, 2.45) is 0 Å². The van der Waals surface area contributed by atoms with E-state index in [2.05, 4.69) is 15.3 Å². The Balaban J connectivity index is 2.17. The number of benzene rings is 1. The fourth-order valence-electron chi connectivity index (χ4n) is 2.10. The first kappa shape index (κ1) is 17.1. The minimum atomic E-state index is -3.07. The highest BCUT2D eigenvalue weighted by molar-refractivity contribution is 7.90. The van der Waals surface area contributed by atoms with E-state index in [1.54, 1.807) is 32.0 Å². The van der Waals surface area contributed by atoms with Gasteiger partial charge in [-0.1, -0.05) is 0 Å². The molecule has 0 bridgehead atoms. The van der Waals surface area contributed by atoms with Crippen LogP contribution in [0.2, 0.25) is 0 Å². The van der Waals surface area contributed by atoms with Gasteiger partial charge in [-0.2, -0.15) is 0 Å². The smallest absolute Gasteiger partial charge is 0.251 e. The summed E-state index contributed by atoms with van der Waals surface area (Å²) in [6, 6.07) is 4.97. The van der Waals surface area contributed by atoms with Crippen LogP contribution in [0.1, 0.15) is 30.6 Å². The van der Waals surface area contributed by atoms with Gasteiger partial charge in [0.25, 0.3) is 5.91 Å². The van der Waals surface area contributed by atoms with Gasteiger partial charge in [0, 0.05) is 22.7 Å². The first-order valence-corrected chi connectivity index (χ1v) is 9.14. The number of fused-ring (bicyclic) bond motifs is 1. The summed E-state index contributed by atoms with van der Waals surface area (Å²) < 4.78 is 22.5. The molecule has 0 saturated heterocycles. The molecule has 2 aromatic rings. The van der Waals surface area contributed by atoms with E-state index in [-0.39, 0.29) is 11.7 Å². The van der Waals surface area contributed by atoms with Crippen molar-refractivity contribution < 1.29 is 13.2 Å². The van der Waals surface area contributed by atoms with Crippen molar-refractivity contribution in [1.29, 1.82) is 0 Å². The topological polar surface area (TPSA) is 115 Å². The third kappa shape index (κ3) is 4.62. The summed E-state index contributed by atoms with van der Waals surface area (Å²) in [4.78, 5) is 20.4. The molecule has 0 spiro atoms. The monoisotopic (exact) mass is 336 g/mol. The quantitative estimate of drug-likeness (QED) is 0.846. The molecule has 0 saturated carbocycles. The third-order valence-corrected chi connectivity index (χ3v) is 4.42. The third-order valence-electron chi connectivity index (χ3n) is 3.48. The van der Waals surface area contributed by atoms with Gasteiger partial charge < -0.3 is 11.1 Å². The van der Waals surface area contributed by atoms with Gasteiger partial charge in [-0.05, 0) is 38.5 Å². The summed E-state index contributed by atoms with van der Waals surface area (Å²) in [7, 11) is -3.07. The minimum Gasteiger partial charge on any atom is -0.383 e. The number of nitrogens with zero attached hydrogens (tertiary/aromatic N) is 2. The molecule has 0 aliphatic rings. The Morgan fingerprint density at radius 2 is 2.00 bits per heavy atom. The van der Waals surface area contributed by atoms with Crippen LogP contribution in [0.15, 0.2) is 24.5 Å². The van der Waals surface area contributed by atoms with Gasteiger partial charge in [-0.25, -0.2) is 18.4 Å². The largest absolute Gasteiger partial charge is 0.383 e. The van der Waals surface area contributed by atoms with Crippen LogP contribution in [0.4, 0.5) is 5.82 Å². The predicted octanol–water partition coefficient (Wildman–Crippen LogP) is 1.16. The maximum absolute atomic E-state index is 12.4. The Bertz CT molecular complexity index is 847. The lowest BCUT2D eigenvalue weighted by molar-refractivity contribution is 0.0911. The number of carbonyl (C=O) groups is 1. The van der Waals surface area contributed by atoms with E-state index in [0.29, 0.717) is 28.7 Å². The molecule has 0 aliphatic heterocycles. The molecule has 0 atom stereocenters. The van der Waals surface area contributed by atoms with Crippen molar-refractivity contribution in [1.82, 2.24) is 15.3 Å². The van der Waals surface area contributed by atoms with E-state index in [1.807, 2.05) is 0 Å². The predicted molar refractivity (Wildman–Crippen MR) is 89.8 cm³/mol. The normalized spacial score (nSPS) is 12.3. The molecule has 3 N–H and O–H groups in total. The Kier molecular flexibility index (Phi) is 4.56. The van der Waals surface area contributed by atoms with Gasteiger partial charge in [-0.15, -0.1) is 0 Å². The van der Waals surface area contributed by atoms with E-state index in [4.69, 9.17) is 5.73 Å². The van der Waals surface area contributed by atoms with Crippen molar-refractivity contribution in [2.75, 3.05) is 17.7 Å². The first-order chi connectivity index (χ1) is 10.6. The SMILES string of the molecule is CC(C)(CCS(C)(=O)=O)NC(=O)c1ccc2c(N)ncnc2c1. The van der Waals surface area contributed by atoms with Crippen LogP contribution in [-0.4, -0.2) is 41.8 Å². The maximum atomic E-state index is 12.4. The van der Waals surface area contributed by atoms with Gasteiger partial charge >= 0.3 is 0 Å². The van der Waals surface area contributed by atoms with Crippen molar-refractivity contribution in [2.45, 2.75) is 25.8 Å². The van der Waals surface area contributed by atoms with E-state index < -0.39 is 15.4 Å². The van der Waals surface area contributed by atoms with Gasteiger partial charge in [0.2, 0.25) is 0 Å². The Morgan fingerprint density at radius 1 is 1.30 bits per heavy atom. The molecule has 0 fully saturated rings. The molecule has 0 radical (unpaired) electrons. The summed E-state index contributed by atoms with van der Waals surface area (Å²) in [6.07, 6.45) is 2.86. The number of nitrogen functional groups attached to an aromatic ring is 1. The maximum Gasteiger partial charge on any atom is 0.251 e. The lowest BCUT2D eigenvalue weighted by Gasteiger charge is -2.26. The molecule has 23 heavy (non-hydrogen) atoms. The highest BCUT2D eigenvalue weighted by Gasteiger charge is 2.23. The fraction of sp³-hybridized carbons (Fsp3) is 0.400. The molecule has 0 aliphatic carbocycles. The lowest BCUT2D eigenvalue weighted by atomic mass is 10.0.